The molecular formula is C7H8BrNO3. The first-order valence-corrected chi connectivity index (χ1v) is 3.75. The van der Waals surface area contributed by atoms with Crippen LogP contribution >= 0.6 is 15.9 Å². The van der Waals surface area contributed by atoms with Crippen LogP contribution in [0.5, 0.6) is 0 Å². The molecule has 1 aromatic rings. The molecule has 0 saturated heterocycles. The quantitative estimate of drug-likeness (QED) is 0.601. The van der Waals surface area contributed by atoms with E-state index in [0.717, 1.165) is 10.2 Å². The molecule has 0 spiro atoms. The maximum absolute atomic E-state index is 8.56. The molecule has 0 atom stereocenters. The maximum atomic E-state index is 8.56. The highest BCUT2D eigenvalue weighted by Gasteiger charge is 1.86. The molecule has 0 bridgehead atoms. The molecule has 1 rings (SSSR count). The van der Waals surface area contributed by atoms with Gasteiger partial charge in [-0.15, -0.1) is 0 Å². The van der Waals surface area contributed by atoms with Gasteiger partial charge in [-0.3, -0.25) is 0 Å². The summed E-state index contributed by atoms with van der Waals surface area (Å²) >= 11 is 3.27. The second-order valence-corrected chi connectivity index (χ2v) is 2.66. The van der Waals surface area contributed by atoms with Crippen LogP contribution < -0.4 is 5.73 Å². The number of benzene rings is 1. The van der Waals surface area contributed by atoms with E-state index in [0.29, 0.717) is 0 Å². The van der Waals surface area contributed by atoms with Gasteiger partial charge in [-0.25, -0.2) is 4.79 Å². The van der Waals surface area contributed by atoms with Crippen molar-refractivity contribution in [3.05, 3.63) is 28.7 Å². The summed E-state index contributed by atoms with van der Waals surface area (Å²) < 4.78 is 0.958. The van der Waals surface area contributed by atoms with Crippen molar-refractivity contribution in [3.8, 4) is 0 Å². The summed E-state index contributed by atoms with van der Waals surface area (Å²) in [5.74, 6) is 0. The number of hydrogen-bond acceptors (Lipinski definition) is 2. The topological polar surface area (TPSA) is 83.6 Å². The molecule has 1 aromatic carbocycles. The maximum Gasteiger partial charge on any atom is 0.503 e. The number of rotatable bonds is 0. The van der Waals surface area contributed by atoms with Crippen molar-refractivity contribution in [2.75, 3.05) is 5.73 Å². The molecular weight excluding hydrogens is 226 g/mol. The van der Waals surface area contributed by atoms with Crippen LogP contribution in [0, 0.1) is 0 Å². The smallest absolute Gasteiger partial charge is 0.450 e. The zero-order chi connectivity index (χ0) is 9.56. The van der Waals surface area contributed by atoms with Gasteiger partial charge in [0.15, 0.2) is 0 Å². The van der Waals surface area contributed by atoms with Gasteiger partial charge in [0.25, 0.3) is 0 Å². The van der Waals surface area contributed by atoms with Gasteiger partial charge in [0.05, 0.1) is 0 Å². The Morgan fingerprint density at radius 2 is 1.75 bits per heavy atom. The SMILES string of the molecule is Nc1ccccc1Br.O=C(O)O. The van der Waals surface area contributed by atoms with Gasteiger partial charge in [0.1, 0.15) is 0 Å². The van der Waals surface area contributed by atoms with E-state index in [-0.39, 0.29) is 0 Å². The first kappa shape index (κ1) is 10.8. The van der Waals surface area contributed by atoms with E-state index >= 15 is 0 Å². The van der Waals surface area contributed by atoms with E-state index in [1.54, 1.807) is 0 Å². The molecule has 0 aromatic heterocycles. The van der Waals surface area contributed by atoms with Crippen LogP contribution in [0.15, 0.2) is 28.7 Å². The van der Waals surface area contributed by atoms with E-state index < -0.39 is 6.16 Å². The van der Waals surface area contributed by atoms with Gasteiger partial charge >= 0.3 is 6.16 Å². The normalized spacial score (nSPS) is 8.08. The monoisotopic (exact) mass is 233 g/mol. The molecule has 0 aliphatic rings. The standard InChI is InChI=1S/C6H6BrN.CH2O3/c7-5-3-1-2-4-6(5)8;2-1(3)4/h1-4H,8H2;(H2,2,3,4). The molecule has 0 aliphatic carbocycles. The number of anilines is 1. The zero-order valence-electron chi connectivity index (χ0n) is 6.07. The number of carbonyl (C=O) groups is 1. The van der Waals surface area contributed by atoms with Crippen molar-refractivity contribution < 1.29 is 15.0 Å². The number of para-hydroxylation sites is 1. The van der Waals surface area contributed by atoms with E-state index in [1.807, 2.05) is 24.3 Å². The van der Waals surface area contributed by atoms with Crippen LogP contribution in [0.4, 0.5) is 10.5 Å². The Morgan fingerprint density at radius 3 is 2.00 bits per heavy atom. The Hall–Kier alpha value is -1.23. The van der Waals surface area contributed by atoms with Crippen LogP contribution in [0.2, 0.25) is 0 Å². The number of carboxylic acid groups (broad SMARTS) is 2. The predicted molar refractivity (Wildman–Crippen MR) is 49.2 cm³/mol. The number of nitrogen functional groups attached to an aromatic ring is 1. The molecule has 0 heterocycles. The molecule has 0 aliphatic heterocycles. The molecule has 12 heavy (non-hydrogen) atoms. The number of halogens is 1. The van der Waals surface area contributed by atoms with E-state index in [1.165, 1.54) is 0 Å². The summed E-state index contributed by atoms with van der Waals surface area (Å²) in [6, 6.07) is 7.60. The second-order valence-electron chi connectivity index (χ2n) is 1.80. The molecule has 66 valence electrons. The molecule has 4 N–H and O–H groups in total. The van der Waals surface area contributed by atoms with Gasteiger partial charge in [-0.2, -0.15) is 0 Å². The Bertz CT molecular complexity index is 240. The van der Waals surface area contributed by atoms with E-state index in [9.17, 15) is 0 Å². The van der Waals surface area contributed by atoms with Crippen LogP contribution in [0.1, 0.15) is 0 Å². The molecule has 0 saturated carbocycles. The summed E-state index contributed by atoms with van der Waals surface area (Å²) in [7, 11) is 0. The summed E-state index contributed by atoms with van der Waals surface area (Å²) in [5.41, 5.74) is 6.26. The molecule has 0 radical (unpaired) electrons. The van der Waals surface area contributed by atoms with Crippen molar-refractivity contribution in [3.63, 3.8) is 0 Å². The second kappa shape index (κ2) is 5.42. The summed E-state index contributed by atoms with van der Waals surface area (Å²) in [5, 5.41) is 13.9. The lowest BCUT2D eigenvalue weighted by Crippen LogP contribution is -1.82. The minimum atomic E-state index is -1.83. The molecule has 0 amide bonds. The highest BCUT2D eigenvalue weighted by molar-refractivity contribution is 9.10. The minimum Gasteiger partial charge on any atom is -0.450 e. The lowest BCUT2D eigenvalue weighted by molar-refractivity contribution is 0.137. The Balaban J connectivity index is 0.000000261. The van der Waals surface area contributed by atoms with Crippen molar-refractivity contribution in [1.29, 1.82) is 0 Å². The first-order valence-electron chi connectivity index (χ1n) is 2.96. The summed E-state index contributed by atoms with van der Waals surface area (Å²) in [6.07, 6.45) is -1.83. The first-order chi connectivity index (χ1) is 5.54. The van der Waals surface area contributed by atoms with Gasteiger partial charge < -0.3 is 15.9 Å². The van der Waals surface area contributed by atoms with Crippen molar-refractivity contribution >= 4 is 27.8 Å². The Kier molecular flexibility index (Phi) is 4.87. The number of hydrogen-bond donors (Lipinski definition) is 3. The van der Waals surface area contributed by atoms with Crippen molar-refractivity contribution in [1.82, 2.24) is 0 Å². The molecule has 0 fully saturated rings. The van der Waals surface area contributed by atoms with Gasteiger partial charge in [0.2, 0.25) is 0 Å². The summed E-state index contributed by atoms with van der Waals surface area (Å²) in [6.45, 7) is 0. The van der Waals surface area contributed by atoms with Crippen LogP contribution in [-0.4, -0.2) is 16.4 Å². The number of nitrogens with two attached hydrogens (primary N) is 1. The zero-order valence-corrected chi connectivity index (χ0v) is 7.65. The van der Waals surface area contributed by atoms with Crippen LogP contribution in [-0.2, 0) is 0 Å². The largest absolute Gasteiger partial charge is 0.503 e. The highest BCUT2D eigenvalue weighted by atomic mass is 79.9. The Morgan fingerprint density at radius 1 is 1.33 bits per heavy atom. The third-order valence-electron chi connectivity index (χ3n) is 0.905. The minimum absolute atomic E-state index is 0.785. The average molecular weight is 234 g/mol. The molecule has 4 nitrogen and oxygen atoms in total. The van der Waals surface area contributed by atoms with Gasteiger partial charge in [0, 0.05) is 10.2 Å². The third-order valence-corrected chi connectivity index (χ3v) is 1.63. The fourth-order valence-corrected chi connectivity index (χ4v) is 0.760. The van der Waals surface area contributed by atoms with Crippen LogP contribution in [0.25, 0.3) is 0 Å². The lowest BCUT2D eigenvalue weighted by Gasteiger charge is -1.91. The lowest BCUT2D eigenvalue weighted by atomic mass is 10.3. The fourth-order valence-electron chi connectivity index (χ4n) is 0.475. The Labute approximate surface area is 77.8 Å². The fraction of sp³-hybridized carbons (Fsp3) is 0. The van der Waals surface area contributed by atoms with E-state index in [2.05, 4.69) is 15.9 Å². The van der Waals surface area contributed by atoms with Crippen molar-refractivity contribution in [2.24, 2.45) is 0 Å². The third kappa shape index (κ3) is 5.55. The molecule has 0 unspecified atom stereocenters. The predicted octanol–water partition coefficient (Wildman–Crippen LogP) is 2.25. The average Bonchev–Trinajstić information content (AvgIpc) is 1.94. The van der Waals surface area contributed by atoms with Crippen LogP contribution in [0.3, 0.4) is 0 Å². The molecule has 5 heteroatoms. The van der Waals surface area contributed by atoms with Gasteiger partial charge in [-0.1, -0.05) is 12.1 Å². The highest BCUT2D eigenvalue weighted by Crippen LogP contribution is 2.16. The van der Waals surface area contributed by atoms with E-state index in [4.69, 9.17) is 20.7 Å². The summed E-state index contributed by atoms with van der Waals surface area (Å²) in [4.78, 5) is 8.56. The van der Waals surface area contributed by atoms with Crippen molar-refractivity contribution in [2.45, 2.75) is 0 Å². The van der Waals surface area contributed by atoms with Gasteiger partial charge in [-0.05, 0) is 28.1 Å².